The van der Waals surface area contributed by atoms with Crippen molar-refractivity contribution in [3.8, 4) is 5.69 Å². The van der Waals surface area contributed by atoms with Gasteiger partial charge in [-0.3, -0.25) is 9.78 Å². The van der Waals surface area contributed by atoms with Gasteiger partial charge in [0.05, 0.1) is 30.5 Å². The molecule has 2 aromatic carbocycles. The lowest BCUT2D eigenvalue weighted by Gasteiger charge is -2.29. The van der Waals surface area contributed by atoms with Gasteiger partial charge in [-0.05, 0) is 85.7 Å². The van der Waals surface area contributed by atoms with E-state index in [2.05, 4.69) is 15.6 Å². The number of hydrogen-bond donors (Lipinski definition) is 2. The van der Waals surface area contributed by atoms with Crippen molar-refractivity contribution in [1.29, 1.82) is 0 Å². The summed E-state index contributed by atoms with van der Waals surface area (Å²) in [6, 6.07) is 22.6. The van der Waals surface area contributed by atoms with Crippen LogP contribution in [0.3, 0.4) is 0 Å². The van der Waals surface area contributed by atoms with Crippen LogP contribution in [-0.4, -0.2) is 45.1 Å². The van der Waals surface area contributed by atoms with Crippen LogP contribution in [0.15, 0.2) is 85.2 Å². The zero-order valence-corrected chi connectivity index (χ0v) is 23.4. The molecule has 1 aliphatic rings. The first-order chi connectivity index (χ1) is 19.4. The Morgan fingerprint density at radius 1 is 1.05 bits per heavy atom. The first kappa shape index (κ1) is 27.1. The van der Waals surface area contributed by atoms with E-state index in [-0.39, 0.29) is 24.4 Å². The fraction of sp³-hybridized carbons (Fsp3) is 0.226. The lowest BCUT2D eigenvalue weighted by Crippen LogP contribution is -2.33. The van der Waals surface area contributed by atoms with E-state index in [0.29, 0.717) is 17.2 Å². The first-order valence-electron chi connectivity index (χ1n) is 13.1. The molecule has 0 saturated carbocycles. The number of hydrogen-bond acceptors (Lipinski definition) is 5. The number of nitrogens with zero attached hydrogens (tertiary/aromatic N) is 3. The van der Waals surface area contributed by atoms with Gasteiger partial charge in [-0.1, -0.05) is 24.3 Å². The highest BCUT2D eigenvalue weighted by molar-refractivity contribution is 7.80. The number of anilines is 1. The summed E-state index contributed by atoms with van der Waals surface area (Å²) in [5.41, 5.74) is 5.97. The summed E-state index contributed by atoms with van der Waals surface area (Å²) in [7, 11) is 1.37. The normalized spacial score (nSPS) is 16.5. The number of methoxy groups -OCH3 is 1. The van der Waals surface area contributed by atoms with E-state index in [1.165, 1.54) is 7.11 Å². The molecule has 9 heteroatoms. The molecule has 1 aliphatic heterocycles. The van der Waals surface area contributed by atoms with Crippen LogP contribution in [0.1, 0.15) is 51.4 Å². The van der Waals surface area contributed by atoms with Crippen LogP contribution in [0.2, 0.25) is 0 Å². The number of thiocarbonyl (C=S) groups is 1. The smallest absolute Gasteiger partial charge is 0.337 e. The van der Waals surface area contributed by atoms with Gasteiger partial charge in [-0.15, -0.1) is 0 Å². The first-order valence-corrected chi connectivity index (χ1v) is 13.5. The van der Waals surface area contributed by atoms with Crippen LogP contribution >= 0.6 is 12.2 Å². The number of benzene rings is 2. The molecule has 8 nitrogen and oxygen atoms in total. The Kier molecular flexibility index (Phi) is 7.93. The van der Waals surface area contributed by atoms with Gasteiger partial charge in [0.25, 0.3) is 0 Å². The van der Waals surface area contributed by atoms with Gasteiger partial charge < -0.3 is 24.8 Å². The van der Waals surface area contributed by atoms with E-state index in [1.54, 1.807) is 18.3 Å². The van der Waals surface area contributed by atoms with Crippen molar-refractivity contribution in [2.75, 3.05) is 19.0 Å². The minimum atomic E-state index is -0.401. The lowest BCUT2D eigenvalue weighted by molar-refractivity contribution is -0.116. The van der Waals surface area contributed by atoms with E-state index in [9.17, 15) is 9.59 Å². The molecule has 2 N–H and O–H groups in total. The topological polar surface area (TPSA) is 88.5 Å². The third-order valence-corrected chi connectivity index (χ3v) is 7.43. The molecule has 4 aromatic rings. The zero-order valence-electron chi connectivity index (χ0n) is 22.6. The molecule has 0 unspecified atom stereocenters. The van der Waals surface area contributed by atoms with Crippen molar-refractivity contribution in [3.05, 3.63) is 113 Å². The molecule has 0 aliphatic carbocycles. The minimum Gasteiger partial charge on any atom is -0.465 e. The number of amides is 1. The minimum absolute atomic E-state index is 0.0855. The summed E-state index contributed by atoms with van der Waals surface area (Å²) in [6.07, 6.45) is 3.96. The number of carbonyl (C=O) groups is 2. The third-order valence-electron chi connectivity index (χ3n) is 7.07. The standard InChI is InChI=1S/C31H31N5O3S/c1-20-12-13-21(2)25(18-20)33-27(37)14-17-36-29(28(34-31(36)40)24-10-4-5-15-32-24)26-11-7-16-35(26)23-9-6-8-22(19-23)30(38)39-3/h4-13,15-16,18-19,28-29H,14,17H2,1-3H3,(H,33,37)(H,34,40)/t28-,29-/m1/s1. The summed E-state index contributed by atoms with van der Waals surface area (Å²) in [5.74, 6) is -0.486. The van der Waals surface area contributed by atoms with Gasteiger partial charge in [0.15, 0.2) is 5.11 Å². The second-order valence-corrected chi connectivity index (χ2v) is 10.2. The highest BCUT2D eigenvalue weighted by Crippen LogP contribution is 2.39. The summed E-state index contributed by atoms with van der Waals surface area (Å²) < 4.78 is 6.96. The SMILES string of the molecule is COC(=O)c1cccc(-n2cccc2[C@@H]2[C@@H](c3ccccn3)NC(=S)N2CCC(=O)Nc2cc(C)ccc2C)c1. The van der Waals surface area contributed by atoms with Crippen LogP contribution in [0.5, 0.6) is 0 Å². The molecule has 1 saturated heterocycles. The van der Waals surface area contributed by atoms with Gasteiger partial charge in [-0.25, -0.2) is 4.79 Å². The van der Waals surface area contributed by atoms with Crippen LogP contribution in [0, 0.1) is 13.8 Å². The highest BCUT2D eigenvalue weighted by Gasteiger charge is 2.41. The Hall–Kier alpha value is -4.50. The van der Waals surface area contributed by atoms with Gasteiger partial charge in [0.1, 0.15) is 0 Å². The van der Waals surface area contributed by atoms with Crippen molar-refractivity contribution in [2.45, 2.75) is 32.4 Å². The summed E-state index contributed by atoms with van der Waals surface area (Å²) >= 11 is 5.80. The zero-order chi connectivity index (χ0) is 28.2. The largest absolute Gasteiger partial charge is 0.465 e. The van der Waals surface area contributed by atoms with E-state index >= 15 is 0 Å². The number of carbonyl (C=O) groups excluding carboxylic acids is 2. The predicted octanol–water partition coefficient (Wildman–Crippen LogP) is 5.28. The summed E-state index contributed by atoms with van der Waals surface area (Å²) in [6.45, 7) is 4.39. The van der Waals surface area contributed by atoms with Crippen molar-refractivity contribution in [2.24, 2.45) is 0 Å². The van der Waals surface area contributed by atoms with Gasteiger partial charge in [-0.2, -0.15) is 0 Å². The number of aromatic nitrogens is 2. The van der Waals surface area contributed by atoms with Crippen LogP contribution in [0.25, 0.3) is 5.69 Å². The van der Waals surface area contributed by atoms with Gasteiger partial charge >= 0.3 is 5.97 Å². The molecule has 40 heavy (non-hydrogen) atoms. The monoisotopic (exact) mass is 553 g/mol. The van der Waals surface area contributed by atoms with Crippen LogP contribution in [-0.2, 0) is 9.53 Å². The Balaban J connectivity index is 1.46. The number of rotatable bonds is 8. The molecular weight excluding hydrogens is 522 g/mol. The Bertz CT molecular complexity index is 1550. The average Bonchev–Trinajstić information content (AvgIpc) is 3.58. The molecule has 0 bridgehead atoms. The second kappa shape index (κ2) is 11.7. The van der Waals surface area contributed by atoms with Crippen LogP contribution in [0.4, 0.5) is 5.69 Å². The highest BCUT2D eigenvalue weighted by atomic mass is 32.1. The van der Waals surface area contributed by atoms with Gasteiger partial charge in [0, 0.05) is 42.4 Å². The molecular formula is C31H31N5O3S. The Labute approximate surface area is 239 Å². The molecule has 1 amide bonds. The quantitative estimate of drug-likeness (QED) is 0.227. The maximum atomic E-state index is 13.0. The molecule has 3 heterocycles. The molecule has 2 aromatic heterocycles. The average molecular weight is 554 g/mol. The number of ether oxygens (including phenoxy) is 1. The number of pyridine rings is 1. The fourth-order valence-electron chi connectivity index (χ4n) is 5.04. The van der Waals surface area contributed by atoms with Gasteiger partial charge in [0.2, 0.25) is 5.91 Å². The predicted molar refractivity (Wildman–Crippen MR) is 158 cm³/mol. The number of aryl methyl sites for hydroxylation is 2. The molecule has 0 spiro atoms. The Morgan fingerprint density at radius 2 is 1.90 bits per heavy atom. The van der Waals surface area contributed by atoms with Crippen molar-refractivity contribution >= 4 is 34.9 Å². The van der Waals surface area contributed by atoms with E-state index < -0.39 is 5.97 Å². The van der Waals surface area contributed by atoms with Crippen molar-refractivity contribution in [1.82, 2.24) is 19.8 Å². The van der Waals surface area contributed by atoms with E-state index in [1.807, 2.05) is 90.2 Å². The molecule has 2 atom stereocenters. The second-order valence-electron chi connectivity index (χ2n) is 9.78. The van der Waals surface area contributed by atoms with Crippen molar-refractivity contribution in [3.63, 3.8) is 0 Å². The Morgan fingerprint density at radius 3 is 2.67 bits per heavy atom. The van der Waals surface area contributed by atoms with E-state index in [0.717, 1.165) is 33.9 Å². The fourth-order valence-corrected chi connectivity index (χ4v) is 5.38. The maximum Gasteiger partial charge on any atom is 0.337 e. The molecule has 0 radical (unpaired) electrons. The lowest BCUT2D eigenvalue weighted by atomic mass is 10.0. The molecule has 5 rings (SSSR count). The summed E-state index contributed by atoms with van der Waals surface area (Å²) in [4.78, 5) is 31.9. The third kappa shape index (κ3) is 5.60. The number of esters is 1. The molecule has 1 fully saturated rings. The number of nitrogens with one attached hydrogen (secondary N) is 2. The van der Waals surface area contributed by atoms with Crippen molar-refractivity contribution < 1.29 is 14.3 Å². The van der Waals surface area contributed by atoms with Crippen LogP contribution < -0.4 is 10.6 Å². The summed E-state index contributed by atoms with van der Waals surface area (Å²) in [5, 5.41) is 7.05. The maximum absolute atomic E-state index is 13.0. The van der Waals surface area contributed by atoms with E-state index in [4.69, 9.17) is 17.0 Å². The molecule has 204 valence electrons.